The number of aromatic nitrogens is 1. The molecule has 4 nitrogen and oxygen atoms in total. The number of nitrogens with zero attached hydrogens (tertiary/aromatic N) is 1. The van der Waals surface area contributed by atoms with Gasteiger partial charge in [0.25, 0.3) is 9.05 Å². The predicted octanol–water partition coefficient (Wildman–Crippen LogP) is 4.87. The van der Waals surface area contributed by atoms with E-state index in [9.17, 15) is 8.42 Å². The molecule has 0 saturated heterocycles. The lowest BCUT2D eigenvalue weighted by molar-refractivity contribution is 0.462. The number of hydrogen-bond donors (Lipinski definition) is 0. The van der Waals surface area contributed by atoms with Crippen molar-refractivity contribution in [2.45, 2.75) is 4.90 Å². The molecule has 106 valence electrons. The van der Waals surface area contributed by atoms with Gasteiger partial charge < -0.3 is 4.74 Å². The Morgan fingerprint density at radius 2 is 1.85 bits per heavy atom. The first kappa shape index (κ1) is 15.9. The summed E-state index contributed by atoms with van der Waals surface area (Å²) in [6.07, 6.45) is 1.09. The van der Waals surface area contributed by atoms with E-state index in [0.717, 1.165) is 6.20 Å². The lowest BCUT2D eigenvalue weighted by Gasteiger charge is -2.08. The van der Waals surface area contributed by atoms with Gasteiger partial charge in [-0.15, -0.1) is 0 Å². The van der Waals surface area contributed by atoms with Gasteiger partial charge in [-0.3, -0.25) is 0 Å². The summed E-state index contributed by atoms with van der Waals surface area (Å²) in [5.41, 5.74) is 0. The van der Waals surface area contributed by atoms with E-state index in [1.54, 1.807) is 6.07 Å². The summed E-state index contributed by atoms with van der Waals surface area (Å²) >= 11 is 15.2. The first-order chi connectivity index (χ1) is 9.27. The van der Waals surface area contributed by atoms with Crippen LogP contribution < -0.4 is 4.74 Å². The van der Waals surface area contributed by atoms with Crippen molar-refractivity contribution >= 4 is 58.9 Å². The molecular formula is C11H5BrCl3NO3S. The van der Waals surface area contributed by atoms with Gasteiger partial charge >= 0.3 is 0 Å². The largest absolute Gasteiger partial charge is 0.437 e. The maximum atomic E-state index is 11.1. The van der Waals surface area contributed by atoms with Crippen LogP contribution in [-0.2, 0) is 9.05 Å². The van der Waals surface area contributed by atoms with Crippen molar-refractivity contribution in [3.05, 3.63) is 45.0 Å². The summed E-state index contributed by atoms with van der Waals surface area (Å²) in [4.78, 5) is 3.72. The van der Waals surface area contributed by atoms with Gasteiger partial charge in [0, 0.05) is 27.3 Å². The average Bonchev–Trinajstić information content (AvgIpc) is 2.35. The molecule has 1 aromatic heterocycles. The van der Waals surface area contributed by atoms with E-state index in [-0.39, 0.29) is 10.8 Å². The zero-order valence-electron chi connectivity index (χ0n) is 9.48. The molecule has 20 heavy (non-hydrogen) atoms. The Morgan fingerprint density at radius 1 is 1.15 bits per heavy atom. The highest BCUT2D eigenvalue weighted by Crippen LogP contribution is 2.36. The highest BCUT2D eigenvalue weighted by molar-refractivity contribution is 9.10. The molecule has 0 N–H and O–H groups in total. The molecule has 0 radical (unpaired) electrons. The van der Waals surface area contributed by atoms with Crippen LogP contribution in [-0.4, -0.2) is 13.4 Å². The number of rotatable bonds is 3. The quantitative estimate of drug-likeness (QED) is 0.528. The number of halogens is 4. The Kier molecular flexibility index (Phi) is 4.81. The van der Waals surface area contributed by atoms with Gasteiger partial charge in [-0.1, -0.05) is 23.2 Å². The standard InChI is InChI=1S/C11H5BrCl3NO3S/c12-7-3-9(14)10(4-8(7)13)19-11-2-1-6(5-16-11)20(15,17)18/h1-5H. The van der Waals surface area contributed by atoms with E-state index in [1.165, 1.54) is 18.2 Å². The van der Waals surface area contributed by atoms with Gasteiger partial charge in [0.15, 0.2) is 0 Å². The van der Waals surface area contributed by atoms with Crippen LogP contribution in [0.25, 0.3) is 0 Å². The van der Waals surface area contributed by atoms with Crippen molar-refractivity contribution < 1.29 is 13.2 Å². The minimum atomic E-state index is -3.81. The molecule has 0 unspecified atom stereocenters. The number of pyridine rings is 1. The van der Waals surface area contributed by atoms with Crippen LogP contribution >= 0.6 is 49.8 Å². The minimum Gasteiger partial charge on any atom is -0.437 e. The van der Waals surface area contributed by atoms with Crippen LogP contribution in [0.2, 0.25) is 10.0 Å². The van der Waals surface area contributed by atoms with E-state index < -0.39 is 9.05 Å². The van der Waals surface area contributed by atoms with E-state index in [2.05, 4.69) is 20.9 Å². The van der Waals surface area contributed by atoms with E-state index >= 15 is 0 Å². The smallest absolute Gasteiger partial charge is 0.262 e. The lowest BCUT2D eigenvalue weighted by atomic mass is 10.3. The van der Waals surface area contributed by atoms with Gasteiger partial charge in [0.2, 0.25) is 5.88 Å². The van der Waals surface area contributed by atoms with Gasteiger partial charge in [-0.05, 0) is 28.1 Å². The molecule has 0 saturated carbocycles. The van der Waals surface area contributed by atoms with Crippen molar-refractivity contribution in [1.82, 2.24) is 4.98 Å². The molecule has 0 atom stereocenters. The summed E-state index contributed by atoms with van der Waals surface area (Å²) in [5, 5.41) is 0.751. The topological polar surface area (TPSA) is 56.3 Å². The van der Waals surface area contributed by atoms with E-state index in [4.69, 9.17) is 38.6 Å². The first-order valence-corrected chi connectivity index (χ1v) is 8.86. The summed E-state index contributed by atoms with van der Waals surface area (Å²) in [5.74, 6) is 0.461. The average molecular weight is 417 g/mol. The number of benzene rings is 1. The van der Waals surface area contributed by atoms with Crippen molar-refractivity contribution in [3.63, 3.8) is 0 Å². The van der Waals surface area contributed by atoms with Gasteiger partial charge in [-0.2, -0.15) is 0 Å². The fraction of sp³-hybridized carbons (Fsp3) is 0. The monoisotopic (exact) mass is 415 g/mol. The van der Waals surface area contributed by atoms with Crippen LogP contribution in [0.3, 0.4) is 0 Å². The van der Waals surface area contributed by atoms with Crippen LogP contribution in [0.15, 0.2) is 39.8 Å². The molecule has 9 heteroatoms. The predicted molar refractivity (Wildman–Crippen MR) is 81.5 cm³/mol. The summed E-state index contributed by atoms with van der Waals surface area (Å²) in [6, 6.07) is 5.74. The number of hydrogen-bond acceptors (Lipinski definition) is 4. The molecule has 0 amide bonds. The Bertz CT molecular complexity index is 750. The van der Waals surface area contributed by atoms with Crippen molar-refractivity contribution in [2.75, 3.05) is 0 Å². The maximum absolute atomic E-state index is 11.1. The molecule has 0 bridgehead atoms. The molecule has 1 heterocycles. The molecule has 2 aromatic rings. The fourth-order valence-corrected chi connectivity index (χ4v) is 2.78. The second-order valence-corrected chi connectivity index (χ2v) is 7.80. The molecule has 1 aromatic carbocycles. The minimum absolute atomic E-state index is 0.119. The molecule has 0 aliphatic carbocycles. The van der Waals surface area contributed by atoms with E-state index in [0.29, 0.717) is 20.3 Å². The maximum Gasteiger partial charge on any atom is 0.262 e. The Balaban J connectivity index is 2.29. The molecule has 0 fully saturated rings. The Hall–Kier alpha value is -0.530. The highest BCUT2D eigenvalue weighted by Gasteiger charge is 2.12. The van der Waals surface area contributed by atoms with E-state index in [1.807, 2.05) is 0 Å². The zero-order valence-corrected chi connectivity index (χ0v) is 14.1. The third-order valence-electron chi connectivity index (χ3n) is 2.18. The number of ether oxygens (including phenoxy) is 1. The van der Waals surface area contributed by atoms with Crippen LogP contribution in [0, 0.1) is 0 Å². The normalized spacial score (nSPS) is 11.4. The lowest BCUT2D eigenvalue weighted by Crippen LogP contribution is -1.94. The van der Waals surface area contributed by atoms with Crippen LogP contribution in [0.5, 0.6) is 11.6 Å². The van der Waals surface area contributed by atoms with Crippen LogP contribution in [0.1, 0.15) is 0 Å². The van der Waals surface area contributed by atoms with Crippen molar-refractivity contribution in [3.8, 4) is 11.6 Å². The highest BCUT2D eigenvalue weighted by atomic mass is 79.9. The Morgan fingerprint density at radius 3 is 2.40 bits per heavy atom. The van der Waals surface area contributed by atoms with Gasteiger partial charge in [0.1, 0.15) is 10.6 Å². The second kappa shape index (κ2) is 6.07. The zero-order chi connectivity index (χ0) is 14.9. The molecular weight excluding hydrogens is 412 g/mol. The molecule has 2 rings (SSSR count). The first-order valence-electron chi connectivity index (χ1n) is 5.00. The summed E-state index contributed by atoms with van der Waals surface area (Å²) in [7, 11) is 1.37. The third kappa shape index (κ3) is 3.77. The van der Waals surface area contributed by atoms with Crippen molar-refractivity contribution in [1.29, 1.82) is 0 Å². The Labute approximate surface area is 138 Å². The summed E-state index contributed by atoms with van der Waals surface area (Å²) < 4.78 is 28.2. The van der Waals surface area contributed by atoms with Crippen molar-refractivity contribution in [2.24, 2.45) is 0 Å². The SMILES string of the molecule is O=S(=O)(Cl)c1ccc(Oc2cc(Cl)c(Br)cc2Cl)nc1. The molecule has 0 aliphatic rings. The second-order valence-electron chi connectivity index (χ2n) is 3.57. The summed E-state index contributed by atoms with van der Waals surface area (Å²) in [6.45, 7) is 0. The van der Waals surface area contributed by atoms with Gasteiger partial charge in [0.05, 0.1) is 16.2 Å². The van der Waals surface area contributed by atoms with Crippen LogP contribution in [0.4, 0.5) is 0 Å². The third-order valence-corrected chi connectivity index (χ3v) is 5.01. The molecule has 0 aliphatic heterocycles. The molecule has 0 spiro atoms. The fourth-order valence-electron chi connectivity index (χ4n) is 1.27. The van der Waals surface area contributed by atoms with Gasteiger partial charge in [-0.25, -0.2) is 13.4 Å².